The van der Waals surface area contributed by atoms with Gasteiger partial charge in [0.2, 0.25) is 5.88 Å². The Hall–Kier alpha value is -3.88. The van der Waals surface area contributed by atoms with Crippen molar-refractivity contribution in [1.29, 1.82) is 0 Å². The third-order valence-corrected chi connectivity index (χ3v) is 7.91. The molecule has 15 heteroatoms. The summed E-state index contributed by atoms with van der Waals surface area (Å²) in [5, 5.41) is 9.20. The minimum absolute atomic E-state index is 0.0260. The average molecular weight is 641 g/mol. The highest BCUT2D eigenvalue weighted by atomic mass is 35.5. The van der Waals surface area contributed by atoms with Crippen molar-refractivity contribution in [1.82, 2.24) is 19.4 Å². The van der Waals surface area contributed by atoms with Crippen LogP contribution < -0.4 is 4.74 Å². The van der Waals surface area contributed by atoms with E-state index >= 15 is 4.39 Å². The molecule has 2 aromatic heterocycles. The van der Waals surface area contributed by atoms with Gasteiger partial charge in [0, 0.05) is 24.7 Å². The van der Waals surface area contributed by atoms with Gasteiger partial charge in [0.05, 0.1) is 41.5 Å². The average Bonchev–Trinajstić information content (AvgIpc) is 3.26. The Morgan fingerprint density at radius 2 is 1.86 bits per heavy atom. The van der Waals surface area contributed by atoms with Gasteiger partial charge in [0.15, 0.2) is 5.82 Å². The fourth-order valence-electron chi connectivity index (χ4n) is 5.34. The first-order valence-electron chi connectivity index (χ1n) is 13.5. The van der Waals surface area contributed by atoms with Crippen molar-refractivity contribution in [2.45, 2.75) is 51.4 Å². The highest BCUT2D eigenvalue weighted by molar-refractivity contribution is 6.30. The number of rotatable bonds is 8. The van der Waals surface area contributed by atoms with Gasteiger partial charge in [-0.1, -0.05) is 11.6 Å². The molecule has 0 amide bonds. The maximum atomic E-state index is 15.3. The van der Waals surface area contributed by atoms with E-state index in [2.05, 4.69) is 9.97 Å². The Morgan fingerprint density at radius 3 is 2.50 bits per heavy atom. The Bertz CT molecular complexity index is 1750. The molecule has 4 heterocycles. The largest absolute Gasteiger partial charge is 0.478 e. The highest BCUT2D eigenvalue weighted by Crippen LogP contribution is 2.38. The molecule has 1 atom stereocenters. The highest BCUT2D eigenvalue weighted by Gasteiger charge is 2.37. The predicted molar refractivity (Wildman–Crippen MR) is 144 cm³/mol. The van der Waals surface area contributed by atoms with Crippen LogP contribution in [0.4, 0.5) is 26.3 Å². The number of benzene rings is 2. The molecule has 8 nitrogen and oxygen atoms in total. The topological polar surface area (TPSA) is 89.7 Å². The van der Waals surface area contributed by atoms with Gasteiger partial charge in [-0.15, -0.1) is 0 Å². The minimum atomic E-state index is -4.85. The number of aromatic nitrogens is 3. The summed E-state index contributed by atoms with van der Waals surface area (Å²) >= 11 is 5.63. The number of hydrogen-bond acceptors (Lipinski definition) is 6. The summed E-state index contributed by atoms with van der Waals surface area (Å²) in [4.78, 5) is 22.1. The number of nitrogens with zero attached hydrogens (tertiary/aromatic N) is 4. The van der Waals surface area contributed by atoms with Gasteiger partial charge in [-0.2, -0.15) is 13.2 Å². The molecule has 44 heavy (non-hydrogen) atoms. The van der Waals surface area contributed by atoms with E-state index in [1.165, 1.54) is 6.07 Å². The third kappa shape index (κ3) is 5.81. The van der Waals surface area contributed by atoms with Gasteiger partial charge in [0.25, 0.3) is 0 Å². The molecule has 2 aliphatic rings. The van der Waals surface area contributed by atoms with Crippen LogP contribution in [0.3, 0.4) is 0 Å². The van der Waals surface area contributed by atoms with E-state index in [1.54, 1.807) is 4.57 Å². The number of hydrogen-bond donors (Lipinski definition) is 1. The first kappa shape index (κ1) is 30.2. The van der Waals surface area contributed by atoms with Crippen LogP contribution in [0.25, 0.3) is 11.0 Å². The lowest BCUT2D eigenvalue weighted by atomic mass is 10.0. The van der Waals surface area contributed by atoms with E-state index in [0.717, 1.165) is 30.7 Å². The maximum Gasteiger partial charge on any atom is 0.421 e. The van der Waals surface area contributed by atoms with Crippen molar-refractivity contribution in [2.24, 2.45) is 0 Å². The van der Waals surface area contributed by atoms with E-state index in [-0.39, 0.29) is 53.9 Å². The molecular formula is C29H23ClF6N4O4. The van der Waals surface area contributed by atoms with Crippen molar-refractivity contribution in [3.8, 4) is 5.88 Å². The molecule has 0 spiro atoms. The van der Waals surface area contributed by atoms with Crippen molar-refractivity contribution in [2.75, 3.05) is 13.2 Å². The van der Waals surface area contributed by atoms with Gasteiger partial charge >= 0.3 is 12.1 Å². The Morgan fingerprint density at radius 1 is 1.14 bits per heavy atom. The molecular weight excluding hydrogens is 618 g/mol. The second kappa shape index (κ2) is 11.6. The van der Waals surface area contributed by atoms with Crippen molar-refractivity contribution >= 4 is 28.6 Å². The molecule has 0 radical (unpaired) electrons. The lowest BCUT2D eigenvalue weighted by Gasteiger charge is -2.30. The van der Waals surface area contributed by atoms with Crippen LogP contribution in [-0.4, -0.2) is 49.8 Å². The van der Waals surface area contributed by atoms with Crippen LogP contribution in [0.1, 0.15) is 45.0 Å². The van der Waals surface area contributed by atoms with Crippen LogP contribution in [0.15, 0.2) is 30.3 Å². The van der Waals surface area contributed by atoms with Gasteiger partial charge in [-0.25, -0.2) is 27.9 Å². The van der Waals surface area contributed by atoms with Crippen LogP contribution in [-0.2, 0) is 43.6 Å². The SMILES string of the molecule is O=C(O)c1ccc2nc(CN3CCc4cc(C(F)(F)F)c(OCc5c(F)cc(Cl)cc5F)nc4C3)n(C[C@@H]3CCO3)c2c1F. The van der Waals surface area contributed by atoms with Crippen LogP contribution >= 0.6 is 11.6 Å². The van der Waals surface area contributed by atoms with Gasteiger partial charge in [-0.3, -0.25) is 4.90 Å². The summed E-state index contributed by atoms with van der Waals surface area (Å²) in [6, 6.07) is 5.14. The second-order valence-corrected chi connectivity index (χ2v) is 11.0. The van der Waals surface area contributed by atoms with E-state index < -0.39 is 58.8 Å². The molecule has 2 aliphatic heterocycles. The Kier molecular flexibility index (Phi) is 7.92. The van der Waals surface area contributed by atoms with E-state index in [4.69, 9.17) is 21.1 Å². The zero-order chi connectivity index (χ0) is 31.3. The van der Waals surface area contributed by atoms with Crippen LogP contribution in [0.2, 0.25) is 5.02 Å². The van der Waals surface area contributed by atoms with Crippen LogP contribution in [0, 0.1) is 17.5 Å². The summed E-state index contributed by atoms with van der Waals surface area (Å²) in [7, 11) is 0. The number of alkyl halides is 3. The predicted octanol–water partition coefficient (Wildman–Crippen LogP) is 6.15. The summed E-state index contributed by atoms with van der Waals surface area (Å²) in [5.74, 6) is -4.91. The number of ether oxygens (including phenoxy) is 2. The zero-order valence-corrected chi connectivity index (χ0v) is 23.5. The van der Waals surface area contributed by atoms with E-state index in [0.29, 0.717) is 24.5 Å². The molecule has 0 unspecified atom stereocenters. The molecule has 1 N–H and O–H groups in total. The lowest BCUT2D eigenvalue weighted by molar-refractivity contribution is -0.139. The molecule has 6 rings (SSSR count). The fraction of sp³-hybridized carbons (Fsp3) is 0.345. The molecule has 0 bridgehead atoms. The number of carbonyl (C=O) groups is 1. The number of aromatic carboxylic acids is 1. The molecule has 1 fully saturated rings. The van der Waals surface area contributed by atoms with Gasteiger partial charge < -0.3 is 19.1 Å². The number of halogens is 7. The number of carboxylic acids is 1. The number of imidazole rings is 1. The lowest BCUT2D eigenvalue weighted by Crippen LogP contribution is -2.35. The third-order valence-electron chi connectivity index (χ3n) is 7.69. The molecule has 0 saturated carbocycles. The molecule has 1 saturated heterocycles. The number of carboxylic acid groups (broad SMARTS) is 1. The van der Waals surface area contributed by atoms with Crippen molar-refractivity contribution < 1.29 is 45.7 Å². The molecule has 2 aromatic carbocycles. The molecule has 232 valence electrons. The first-order chi connectivity index (χ1) is 20.9. The minimum Gasteiger partial charge on any atom is -0.478 e. The monoisotopic (exact) mass is 640 g/mol. The van der Waals surface area contributed by atoms with Crippen LogP contribution in [0.5, 0.6) is 5.88 Å². The quantitative estimate of drug-likeness (QED) is 0.231. The zero-order valence-electron chi connectivity index (χ0n) is 22.7. The summed E-state index contributed by atoms with van der Waals surface area (Å²) in [5.41, 5.74) is -1.40. The number of fused-ring (bicyclic) bond motifs is 2. The smallest absolute Gasteiger partial charge is 0.421 e. The molecule has 0 aliphatic carbocycles. The summed E-state index contributed by atoms with van der Waals surface area (Å²) < 4.78 is 98.0. The maximum absolute atomic E-state index is 15.3. The van der Waals surface area contributed by atoms with E-state index in [1.807, 2.05) is 4.90 Å². The Balaban J connectivity index is 1.30. The Labute approximate surface area is 250 Å². The van der Waals surface area contributed by atoms with Crippen molar-refractivity contribution in [3.05, 3.63) is 86.6 Å². The number of pyridine rings is 1. The first-order valence-corrected chi connectivity index (χ1v) is 13.9. The van der Waals surface area contributed by atoms with E-state index in [9.17, 15) is 31.9 Å². The molecule has 4 aromatic rings. The van der Waals surface area contributed by atoms with Gasteiger partial charge in [0.1, 0.15) is 35.1 Å². The fourth-order valence-corrected chi connectivity index (χ4v) is 5.53. The standard InChI is InChI=1S/C29H23ClF6N4O4/c30-15-8-20(31)18(21(32)9-15)13-44-27-19(29(34,35)36)7-14-3-5-39(11-23(14)38-27)12-24-37-22-2-1-17(28(41)42)25(33)26(22)40(24)10-16-4-6-43-16/h1-2,7-9,16H,3-6,10-13H2,(H,41,42)/t16-/m0/s1. The summed E-state index contributed by atoms with van der Waals surface area (Å²) in [6.45, 7) is 0.456. The normalized spacial score (nSPS) is 17.0. The van der Waals surface area contributed by atoms with Gasteiger partial charge in [-0.05, 0) is 48.7 Å². The second-order valence-electron chi connectivity index (χ2n) is 10.6. The van der Waals surface area contributed by atoms with Crippen molar-refractivity contribution in [3.63, 3.8) is 0 Å². The summed E-state index contributed by atoms with van der Waals surface area (Å²) in [6.07, 6.45) is -4.14.